The van der Waals surface area contributed by atoms with Crippen LogP contribution in [0, 0.1) is 0 Å². The Hall–Kier alpha value is -4.59. The van der Waals surface area contributed by atoms with Gasteiger partial charge in [0.25, 0.3) is 0 Å². The second-order valence-electron chi connectivity index (χ2n) is 8.10. The number of carbonyl (C=O) groups excluding carboxylic acids is 2. The van der Waals surface area contributed by atoms with Gasteiger partial charge in [0.2, 0.25) is 5.91 Å². The molecule has 1 aromatic heterocycles. The van der Waals surface area contributed by atoms with E-state index in [1.54, 1.807) is 18.6 Å². The molecule has 0 radical (unpaired) electrons. The maximum absolute atomic E-state index is 12.9. The van der Waals surface area contributed by atoms with Gasteiger partial charge in [-0.25, -0.2) is 9.78 Å². The van der Waals surface area contributed by atoms with Crippen LogP contribution in [0.15, 0.2) is 97.6 Å². The summed E-state index contributed by atoms with van der Waals surface area (Å²) in [7, 11) is 0. The van der Waals surface area contributed by atoms with Gasteiger partial charge in [-0.3, -0.25) is 4.79 Å². The van der Waals surface area contributed by atoms with Gasteiger partial charge in [-0.15, -0.1) is 0 Å². The van der Waals surface area contributed by atoms with Crippen molar-refractivity contribution >= 4 is 11.9 Å². The van der Waals surface area contributed by atoms with Crippen molar-refractivity contribution in [3.05, 3.63) is 109 Å². The first kappa shape index (κ1) is 23.6. The van der Waals surface area contributed by atoms with Crippen LogP contribution in [-0.4, -0.2) is 21.5 Å². The number of nitrogens with one attached hydrogen (secondary N) is 2. The Morgan fingerprint density at radius 1 is 0.943 bits per heavy atom. The van der Waals surface area contributed by atoms with Crippen LogP contribution in [0.4, 0.5) is 4.79 Å². The largest absolute Gasteiger partial charge is 0.457 e. The summed E-state index contributed by atoms with van der Waals surface area (Å²) in [6, 6.07) is 22.9. The van der Waals surface area contributed by atoms with Crippen LogP contribution in [-0.2, 0) is 4.79 Å². The van der Waals surface area contributed by atoms with E-state index in [0.29, 0.717) is 17.1 Å². The van der Waals surface area contributed by atoms with Crippen LogP contribution in [0.3, 0.4) is 0 Å². The van der Waals surface area contributed by atoms with Crippen LogP contribution >= 0.6 is 0 Å². The minimum absolute atomic E-state index is 0.0230. The lowest BCUT2D eigenvalue weighted by atomic mass is 10.0. The summed E-state index contributed by atoms with van der Waals surface area (Å²) in [6.45, 7) is 1.91. The average molecular weight is 470 g/mol. The van der Waals surface area contributed by atoms with Crippen molar-refractivity contribution in [3.63, 3.8) is 0 Å². The molecule has 2 atom stereocenters. The third kappa shape index (κ3) is 6.48. The quantitative estimate of drug-likeness (QED) is 0.331. The van der Waals surface area contributed by atoms with Crippen molar-refractivity contribution in [2.24, 2.45) is 5.73 Å². The lowest BCUT2D eigenvalue weighted by molar-refractivity contribution is -0.122. The molecule has 4 N–H and O–H groups in total. The molecule has 4 aromatic rings. The summed E-state index contributed by atoms with van der Waals surface area (Å²) in [5, 5.41) is 5.66. The standard InChI is InChI=1S/C27H27N5O3/c1-19(20-10-12-22(13-11-20)32-15-14-29-18-32)30-26(33)17-25(31-27(28)34)21-6-5-9-24(16-21)35-23-7-3-2-4-8-23/h2-16,18-19,25H,17H2,1H3,(H,30,33)(H3,28,31,34)/t19-,25+/m0/s1. The summed E-state index contributed by atoms with van der Waals surface area (Å²) in [6.07, 6.45) is 5.34. The first-order valence-corrected chi connectivity index (χ1v) is 11.2. The predicted octanol–water partition coefficient (Wildman–Crippen LogP) is 4.64. The Morgan fingerprint density at radius 3 is 2.37 bits per heavy atom. The fraction of sp³-hybridized carbons (Fsp3) is 0.148. The zero-order valence-corrected chi connectivity index (χ0v) is 19.3. The molecule has 0 aliphatic carbocycles. The van der Waals surface area contributed by atoms with Gasteiger partial charge in [-0.1, -0.05) is 42.5 Å². The molecule has 8 nitrogen and oxygen atoms in total. The minimum Gasteiger partial charge on any atom is -0.457 e. The molecule has 0 fully saturated rings. The Balaban J connectivity index is 1.42. The maximum atomic E-state index is 12.9. The number of hydrogen-bond donors (Lipinski definition) is 3. The Labute approximate surface area is 203 Å². The molecule has 0 bridgehead atoms. The van der Waals surface area contributed by atoms with Crippen LogP contribution in [0.25, 0.3) is 5.69 Å². The van der Waals surface area contributed by atoms with E-state index < -0.39 is 12.1 Å². The molecule has 8 heteroatoms. The van der Waals surface area contributed by atoms with Crippen LogP contribution in [0.5, 0.6) is 11.5 Å². The van der Waals surface area contributed by atoms with E-state index in [1.807, 2.05) is 90.5 Å². The van der Waals surface area contributed by atoms with Gasteiger partial charge in [-0.2, -0.15) is 0 Å². The van der Waals surface area contributed by atoms with Crippen molar-refractivity contribution in [1.29, 1.82) is 0 Å². The number of amides is 3. The number of ether oxygens (including phenoxy) is 1. The average Bonchev–Trinajstić information content (AvgIpc) is 3.39. The van der Waals surface area contributed by atoms with Gasteiger partial charge < -0.3 is 25.7 Å². The number of imidazole rings is 1. The summed E-state index contributed by atoms with van der Waals surface area (Å²) in [5.74, 6) is 1.07. The third-order valence-electron chi connectivity index (χ3n) is 5.52. The molecule has 3 aromatic carbocycles. The number of para-hydroxylation sites is 1. The third-order valence-corrected chi connectivity index (χ3v) is 5.52. The highest BCUT2D eigenvalue weighted by Gasteiger charge is 2.20. The van der Waals surface area contributed by atoms with E-state index in [4.69, 9.17) is 10.5 Å². The highest BCUT2D eigenvalue weighted by molar-refractivity contribution is 5.79. The summed E-state index contributed by atoms with van der Waals surface area (Å²) in [4.78, 5) is 28.6. The molecule has 4 rings (SSSR count). The van der Waals surface area contributed by atoms with E-state index in [2.05, 4.69) is 15.6 Å². The fourth-order valence-electron chi connectivity index (χ4n) is 3.76. The van der Waals surface area contributed by atoms with Gasteiger partial charge in [-0.05, 0) is 54.4 Å². The Morgan fingerprint density at radius 2 is 1.69 bits per heavy atom. The number of hydrogen-bond acceptors (Lipinski definition) is 4. The molecule has 0 saturated heterocycles. The van der Waals surface area contributed by atoms with Crippen LogP contribution in [0.2, 0.25) is 0 Å². The normalized spacial score (nSPS) is 12.4. The number of primary amides is 1. The fourth-order valence-corrected chi connectivity index (χ4v) is 3.76. The van der Waals surface area contributed by atoms with Gasteiger partial charge in [0, 0.05) is 18.1 Å². The zero-order valence-electron chi connectivity index (χ0n) is 19.3. The van der Waals surface area contributed by atoms with Crippen molar-refractivity contribution in [2.45, 2.75) is 25.4 Å². The van der Waals surface area contributed by atoms with Crippen molar-refractivity contribution in [3.8, 4) is 17.2 Å². The summed E-state index contributed by atoms with van der Waals surface area (Å²) < 4.78 is 7.79. The molecule has 3 amide bonds. The first-order valence-electron chi connectivity index (χ1n) is 11.2. The summed E-state index contributed by atoms with van der Waals surface area (Å²) >= 11 is 0. The van der Waals surface area contributed by atoms with E-state index >= 15 is 0 Å². The van der Waals surface area contributed by atoms with E-state index in [1.165, 1.54) is 0 Å². The Kier molecular flexibility index (Phi) is 7.42. The number of nitrogens with zero attached hydrogens (tertiary/aromatic N) is 2. The van der Waals surface area contributed by atoms with E-state index in [9.17, 15) is 9.59 Å². The highest BCUT2D eigenvalue weighted by atomic mass is 16.5. The molecule has 0 aliphatic heterocycles. The van der Waals surface area contributed by atoms with E-state index in [0.717, 1.165) is 11.3 Å². The maximum Gasteiger partial charge on any atom is 0.312 e. The molecule has 0 unspecified atom stereocenters. The predicted molar refractivity (Wildman–Crippen MR) is 133 cm³/mol. The lowest BCUT2D eigenvalue weighted by Gasteiger charge is -2.21. The molecule has 35 heavy (non-hydrogen) atoms. The van der Waals surface area contributed by atoms with Crippen molar-refractivity contribution in [2.75, 3.05) is 0 Å². The second-order valence-corrected chi connectivity index (χ2v) is 8.10. The zero-order chi connectivity index (χ0) is 24.6. The molecule has 178 valence electrons. The van der Waals surface area contributed by atoms with Crippen molar-refractivity contribution in [1.82, 2.24) is 20.2 Å². The molecule has 0 saturated carbocycles. The van der Waals surface area contributed by atoms with E-state index in [-0.39, 0.29) is 18.4 Å². The second kappa shape index (κ2) is 11.0. The number of aromatic nitrogens is 2. The lowest BCUT2D eigenvalue weighted by Crippen LogP contribution is -2.37. The van der Waals surface area contributed by atoms with Gasteiger partial charge in [0.05, 0.1) is 24.8 Å². The molecule has 1 heterocycles. The number of nitrogens with two attached hydrogens (primary N) is 1. The van der Waals surface area contributed by atoms with Crippen LogP contribution < -0.4 is 21.1 Å². The molecule has 0 spiro atoms. The number of urea groups is 1. The van der Waals surface area contributed by atoms with Crippen LogP contribution in [0.1, 0.15) is 36.6 Å². The number of carbonyl (C=O) groups is 2. The van der Waals surface area contributed by atoms with Crippen molar-refractivity contribution < 1.29 is 14.3 Å². The number of rotatable bonds is 9. The Bertz CT molecular complexity index is 1260. The van der Waals surface area contributed by atoms with Gasteiger partial charge >= 0.3 is 6.03 Å². The topological polar surface area (TPSA) is 111 Å². The highest BCUT2D eigenvalue weighted by Crippen LogP contribution is 2.26. The minimum atomic E-state index is -0.708. The SMILES string of the molecule is C[C@H](NC(=O)C[C@@H](NC(N)=O)c1cccc(Oc2ccccc2)c1)c1ccc(-n2ccnc2)cc1. The molecule has 0 aliphatic rings. The number of benzene rings is 3. The molecular formula is C27H27N5O3. The first-order chi connectivity index (χ1) is 17.0. The summed E-state index contributed by atoms with van der Waals surface area (Å²) in [5.41, 5.74) is 8.05. The smallest absolute Gasteiger partial charge is 0.312 e. The van der Waals surface area contributed by atoms with Gasteiger partial charge in [0.15, 0.2) is 0 Å². The monoisotopic (exact) mass is 469 g/mol. The van der Waals surface area contributed by atoms with Gasteiger partial charge in [0.1, 0.15) is 11.5 Å². The molecular weight excluding hydrogens is 442 g/mol.